The molecule has 4 heteroatoms. The van der Waals surface area contributed by atoms with E-state index in [-0.39, 0.29) is 5.60 Å². The van der Waals surface area contributed by atoms with E-state index in [9.17, 15) is 5.11 Å². The minimum absolute atomic E-state index is 0.138. The van der Waals surface area contributed by atoms with Gasteiger partial charge in [0.05, 0.1) is 18.3 Å². The molecule has 1 aromatic rings. The number of aliphatic hydroxyl groups excluding tert-OH is 1. The number of hydrogen-bond donors (Lipinski definition) is 1. The maximum absolute atomic E-state index is 9.58. The molecule has 94 valence electrons. The summed E-state index contributed by atoms with van der Waals surface area (Å²) in [7, 11) is 0. The summed E-state index contributed by atoms with van der Waals surface area (Å²) in [6, 6.07) is 3.80. The summed E-state index contributed by atoms with van der Waals surface area (Å²) < 4.78 is 5.68. The third-order valence-electron chi connectivity index (χ3n) is 3.00. The first-order valence-corrected chi connectivity index (χ1v) is 6.01. The number of ether oxygens (including phenoxy) is 1. The van der Waals surface area contributed by atoms with Gasteiger partial charge in [0.25, 0.3) is 0 Å². The number of pyridine rings is 1. The molecule has 0 saturated carbocycles. The molecule has 0 aromatic carbocycles. The second-order valence-electron chi connectivity index (χ2n) is 5.15. The van der Waals surface area contributed by atoms with Crippen molar-refractivity contribution < 1.29 is 9.84 Å². The molecule has 2 heterocycles. The average Bonchev–Trinajstić information content (AvgIpc) is 2.28. The second-order valence-corrected chi connectivity index (χ2v) is 5.15. The summed E-state index contributed by atoms with van der Waals surface area (Å²) in [5, 5.41) is 9.58. The third kappa shape index (κ3) is 2.96. The van der Waals surface area contributed by atoms with Crippen LogP contribution in [0.4, 0.5) is 5.82 Å². The molecule has 0 spiro atoms. The van der Waals surface area contributed by atoms with Crippen molar-refractivity contribution in [2.75, 3.05) is 24.6 Å². The number of morpholine rings is 1. The van der Waals surface area contributed by atoms with Crippen molar-refractivity contribution in [2.24, 2.45) is 0 Å². The molecule has 0 bridgehead atoms. The summed E-state index contributed by atoms with van der Waals surface area (Å²) in [6.07, 6.45) is 1.30. The molecule has 0 unspecified atom stereocenters. The molecule has 1 atom stereocenters. The van der Waals surface area contributed by atoms with Crippen molar-refractivity contribution in [2.45, 2.75) is 32.5 Å². The van der Waals surface area contributed by atoms with E-state index in [0.29, 0.717) is 6.61 Å². The van der Waals surface area contributed by atoms with Crippen LogP contribution in [0.5, 0.6) is 0 Å². The molecule has 1 saturated heterocycles. The molecule has 1 aromatic heterocycles. The molecule has 1 aliphatic heterocycles. The van der Waals surface area contributed by atoms with Gasteiger partial charge >= 0.3 is 0 Å². The quantitative estimate of drug-likeness (QED) is 0.849. The van der Waals surface area contributed by atoms with E-state index in [1.54, 1.807) is 13.1 Å². The van der Waals surface area contributed by atoms with Crippen LogP contribution in [0, 0.1) is 0 Å². The maximum atomic E-state index is 9.58. The molecular weight excluding hydrogens is 216 g/mol. The van der Waals surface area contributed by atoms with Crippen molar-refractivity contribution in [3.8, 4) is 0 Å². The zero-order valence-electron chi connectivity index (χ0n) is 10.7. The molecule has 0 radical (unpaired) electrons. The Labute approximate surface area is 102 Å². The SMILES string of the molecule is C[C@@H](O)c1ccnc(N2CCOC(C)(C)C2)c1. The molecule has 2 rings (SSSR count). The molecular formula is C13H20N2O2. The first kappa shape index (κ1) is 12.3. The summed E-state index contributed by atoms with van der Waals surface area (Å²) in [5.41, 5.74) is 0.764. The second kappa shape index (κ2) is 4.63. The number of aromatic nitrogens is 1. The Kier molecular flexibility index (Phi) is 3.35. The zero-order chi connectivity index (χ0) is 12.5. The number of nitrogens with zero attached hydrogens (tertiary/aromatic N) is 2. The van der Waals surface area contributed by atoms with Gasteiger partial charge in [-0.1, -0.05) is 0 Å². The van der Waals surface area contributed by atoms with Crippen LogP contribution < -0.4 is 4.90 Å². The van der Waals surface area contributed by atoms with Crippen molar-refractivity contribution in [3.63, 3.8) is 0 Å². The minimum atomic E-state index is -0.453. The highest BCUT2D eigenvalue weighted by Gasteiger charge is 2.27. The fourth-order valence-corrected chi connectivity index (χ4v) is 2.08. The lowest BCUT2D eigenvalue weighted by molar-refractivity contribution is -0.0279. The van der Waals surface area contributed by atoms with E-state index in [1.807, 2.05) is 12.1 Å². The molecule has 1 aliphatic rings. The highest BCUT2D eigenvalue weighted by molar-refractivity contribution is 5.42. The van der Waals surface area contributed by atoms with Crippen LogP contribution in [-0.4, -0.2) is 35.4 Å². The van der Waals surface area contributed by atoms with Crippen molar-refractivity contribution in [3.05, 3.63) is 23.9 Å². The Morgan fingerprint density at radius 3 is 2.94 bits per heavy atom. The molecule has 17 heavy (non-hydrogen) atoms. The smallest absolute Gasteiger partial charge is 0.129 e. The van der Waals surface area contributed by atoms with Gasteiger partial charge in [0.15, 0.2) is 0 Å². The lowest BCUT2D eigenvalue weighted by Crippen LogP contribution is -2.48. The Bertz CT molecular complexity index is 391. The molecule has 1 fully saturated rings. The topological polar surface area (TPSA) is 45.6 Å². The van der Waals surface area contributed by atoms with Gasteiger partial charge in [-0.3, -0.25) is 0 Å². The van der Waals surface area contributed by atoms with Crippen molar-refractivity contribution in [1.29, 1.82) is 0 Å². The van der Waals surface area contributed by atoms with Crippen LogP contribution in [0.25, 0.3) is 0 Å². The highest BCUT2D eigenvalue weighted by atomic mass is 16.5. The van der Waals surface area contributed by atoms with Gasteiger partial charge in [-0.05, 0) is 38.5 Å². The Balaban J connectivity index is 2.19. The van der Waals surface area contributed by atoms with Crippen molar-refractivity contribution in [1.82, 2.24) is 4.98 Å². The van der Waals surface area contributed by atoms with E-state index < -0.39 is 6.10 Å². The lowest BCUT2D eigenvalue weighted by atomic mass is 10.1. The van der Waals surface area contributed by atoms with Crippen LogP contribution in [0.2, 0.25) is 0 Å². The standard InChI is InChI=1S/C13H20N2O2/c1-10(16)11-4-5-14-12(8-11)15-6-7-17-13(2,3)9-15/h4-5,8,10,16H,6-7,9H2,1-3H3/t10-/m1/s1. The zero-order valence-corrected chi connectivity index (χ0v) is 10.7. The summed E-state index contributed by atoms with van der Waals surface area (Å²) >= 11 is 0. The van der Waals surface area contributed by atoms with Gasteiger partial charge in [-0.15, -0.1) is 0 Å². The first-order valence-electron chi connectivity index (χ1n) is 6.01. The van der Waals surface area contributed by atoms with E-state index in [1.165, 1.54) is 0 Å². The lowest BCUT2D eigenvalue weighted by Gasteiger charge is -2.38. The fraction of sp³-hybridized carbons (Fsp3) is 0.615. The average molecular weight is 236 g/mol. The van der Waals surface area contributed by atoms with Gasteiger partial charge in [-0.25, -0.2) is 4.98 Å². The van der Waals surface area contributed by atoms with Crippen LogP contribution in [-0.2, 0) is 4.74 Å². The van der Waals surface area contributed by atoms with Gasteiger partial charge in [0.1, 0.15) is 5.82 Å². The molecule has 0 aliphatic carbocycles. The molecule has 1 N–H and O–H groups in total. The number of anilines is 1. The normalized spacial score (nSPS) is 21.3. The molecule has 4 nitrogen and oxygen atoms in total. The number of hydrogen-bond acceptors (Lipinski definition) is 4. The number of rotatable bonds is 2. The van der Waals surface area contributed by atoms with Crippen LogP contribution in [0.3, 0.4) is 0 Å². The van der Waals surface area contributed by atoms with Gasteiger partial charge < -0.3 is 14.7 Å². The summed E-state index contributed by atoms with van der Waals surface area (Å²) in [5.74, 6) is 0.916. The van der Waals surface area contributed by atoms with Gasteiger partial charge in [0.2, 0.25) is 0 Å². The molecule has 0 amide bonds. The van der Waals surface area contributed by atoms with E-state index in [0.717, 1.165) is 24.5 Å². The Morgan fingerprint density at radius 1 is 1.53 bits per heavy atom. The fourth-order valence-electron chi connectivity index (χ4n) is 2.08. The number of aliphatic hydroxyl groups is 1. The predicted octanol–water partition coefficient (Wildman–Crippen LogP) is 1.75. The Morgan fingerprint density at radius 2 is 2.29 bits per heavy atom. The van der Waals surface area contributed by atoms with E-state index in [2.05, 4.69) is 23.7 Å². The predicted molar refractivity (Wildman–Crippen MR) is 67.1 cm³/mol. The van der Waals surface area contributed by atoms with Crippen LogP contribution in [0.15, 0.2) is 18.3 Å². The minimum Gasteiger partial charge on any atom is -0.389 e. The summed E-state index contributed by atoms with van der Waals surface area (Å²) in [6.45, 7) is 8.31. The van der Waals surface area contributed by atoms with Gasteiger partial charge in [0, 0.05) is 19.3 Å². The van der Waals surface area contributed by atoms with E-state index >= 15 is 0 Å². The van der Waals surface area contributed by atoms with Crippen molar-refractivity contribution >= 4 is 5.82 Å². The van der Waals surface area contributed by atoms with E-state index in [4.69, 9.17) is 4.74 Å². The summed E-state index contributed by atoms with van der Waals surface area (Å²) in [4.78, 5) is 6.57. The third-order valence-corrected chi connectivity index (χ3v) is 3.00. The van der Waals surface area contributed by atoms with Crippen LogP contribution in [0.1, 0.15) is 32.4 Å². The largest absolute Gasteiger partial charge is 0.389 e. The first-order chi connectivity index (χ1) is 7.98. The van der Waals surface area contributed by atoms with Gasteiger partial charge in [-0.2, -0.15) is 0 Å². The monoisotopic (exact) mass is 236 g/mol. The van der Waals surface area contributed by atoms with Crippen LogP contribution >= 0.6 is 0 Å². The Hall–Kier alpha value is -1.13. The maximum Gasteiger partial charge on any atom is 0.129 e. The highest BCUT2D eigenvalue weighted by Crippen LogP contribution is 2.23.